The number of carbonyl (C=O) groups is 2. The van der Waals surface area contributed by atoms with Crippen LogP contribution in [0.4, 0.5) is 5.69 Å². The van der Waals surface area contributed by atoms with Gasteiger partial charge in [-0.3, -0.25) is 4.79 Å². The highest BCUT2D eigenvalue weighted by atomic mass is 32.2. The summed E-state index contributed by atoms with van der Waals surface area (Å²) in [6.45, 7) is 0.527. The van der Waals surface area contributed by atoms with E-state index in [1.54, 1.807) is 0 Å². The fraction of sp³-hybridized carbons (Fsp3) is 0.364. The molecule has 1 heterocycles. The molecule has 0 spiro atoms. The Kier molecular flexibility index (Phi) is 5.87. The molecule has 1 N–H and O–H groups in total. The van der Waals surface area contributed by atoms with Crippen LogP contribution in [0.2, 0.25) is 0 Å². The lowest BCUT2D eigenvalue weighted by Gasteiger charge is -2.15. The number of ether oxygens (including phenoxy) is 1. The molecular weight excluding hydrogens is 404 g/mol. The smallest absolute Gasteiger partial charge is 0.338 e. The van der Waals surface area contributed by atoms with Crippen molar-refractivity contribution >= 4 is 27.6 Å². The van der Waals surface area contributed by atoms with E-state index in [0.717, 1.165) is 32.1 Å². The van der Waals surface area contributed by atoms with Crippen LogP contribution in [-0.4, -0.2) is 44.3 Å². The molecule has 0 saturated carbocycles. The summed E-state index contributed by atoms with van der Waals surface area (Å²) in [5.74, 6) is -1.18. The monoisotopic (exact) mass is 428 g/mol. The van der Waals surface area contributed by atoms with E-state index < -0.39 is 28.5 Å². The second-order valence-electron chi connectivity index (χ2n) is 7.60. The predicted molar refractivity (Wildman–Crippen MR) is 112 cm³/mol. The largest absolute Gasteiger partial charge is 0.452 e. The second kappa shape index (κ2) is 8.57. The highest BCUT2D eigenvalue weighted by molar-refractivity contribution is 7.89. The molecule has 30 heavy (non-hydrogen) atoms. The topological polar surface area (TPSA) is 92.8 Å². The Bertz CT molecular complexity index is 1070. The Balaban J connectivity index is 1.36. The molecule has 7 nitrogen and oxygen atoms in total. The quantitative estimate of drug-likeness (QED) is 0.714. The Labute approximate surface area is 176 Å². The fourth-order valence-electron chi connectivity index (χ4n) is 3.92. The van der Waals surface area contributed by atoms with Crippen molar-refractivity contribution in [3.05, 3.63) is 59.2 Å². The summed E-state index contributed by atoms with van der Waals surface area (Å²) in [7, 11) is -3.63. The number of carbonyl (C=O) groups excluding carboxylic acids is 2. The molecule has 0 aromatic heterocycles. The molecule has 0 bridgehead atoms. The highest BCUT2D eigenvalue weighted by Crippen LogP contribution is 2.25. The van der Waals surface area contributed by atoms with Crippen molar-refractivity contribution < 1.29 is 22.7 Å². The lowest BCUT2D eigenvalue weighted by Crippen LogP contribution is -2.28. The van der Waals surface area contributed by atoms with Gasteiger partial charge in [0.1, 0.15) is 0 Å². The lowest BCUT2D eigenvalue weighted by atomic mass is 10.1. The van der Waals surface area contributed by atoms with Gasteiger partial charge in [-0.05, 0) is 73.6 Å². The number of nitrogens with zero attached hydrogens (tertiary/aromatic N) is 1. The summed E-state index contributed by atoms with van der Waals surface area (Å²) in [6.07, 6.45) is 4.86. The third-order valence-electron chi connectivity index (χ3n) is 5.49. The van der Waals surface area contributed by atoms with E-state index in [9.17, 15) is 18.0 Å². The summed E-state index contributed by atoms with van der Waals surface area (Å²) in [6, 6.07) is 11.6. The van der Waals surface area contributed by atoms with Gasteiger partial charge >= 0.3 is 5.97 Å². The van der Waals surface area contributed by atoms with Gasteiger partial charge in [0.25, 0.3) is 5.91 Å². The van der Waals surface area contributed by atoms with Crippen LogP contribution < -0.4 is 5.32 Å². The average Bonchev–Trinajstić information content (AvgIpc) is 3.44. The maximum absolute atomic E-state index is 12.7. The van der Waals surface area contributed by atoms with E-state index in [4.69, 9.17) is 4.74 Å². The Hall–Kier alpha value is -2.71. The van der Waals surface area contributed by atoms with Gasteiger partial charge in [0, 0.05) is 18.8 Å². The lowest BCUT2D eigenvalue weighted by molar-refractivity contribution is -0.119. The van der Waals surface area contributed by atoms with E-state index in [-0.39, 0.29) is 10.5 Å². The molecule has 1 aliphatic carbocycles. The van der Waals surface area contributed by atoms with Gasteiger partial charge in [0.2, 0.25) is 10.0 Å². The van der Waals surface area contributed by atoms with Crippen molar-refractivity contribution in [2.45, 2.75) is 37.0 Å². The van der Waals surface area contributed by atoms with Crippen LogP contribution in [0.3, 0.4) is 0 Å². The maximum Gasteiger partial charge on any atom is 0.338 e. The van der Waals surface area contributed by atoms with Crippen LogP contribution in [0.25, 0.3) is 0 Å². The van der Waals surface area contributed by atoms with Gasteiger partial charge in [0.15, 0.2) is 6.61 Å². The van der Waals surface area contributed by atoms with Crippen LogP contribution in [0.15, 0.2) is 47.4 Å². The van der Waals surface area contributed by atoms with Crippen molar-refractivity contribution in [1.82, 2.24) is 4.31 Å². The number of sulfonamides is 1. The van der Waals surface area contributed by atoms with Crippen molar-refractivity contribution in [3.63, 3.8) is 0 Å². The number of nitrogens with one attached hydrogen (secondary N) is 1. The number of hydrogen-bond donors (Lipinski definition) is 1. The summed E-state index contributed by atoms with van der Waals surface area (Å²) >= 11 is 0. The number of aryl methyl sites for hydroxylation is 2. The molecular formula is C22H24N2O5S. The zero-order valence-electron chi connectivity index (χ0n) is 16.6. The zero-order valence-corrected chi connectivity index (χ0v) is 17.4. The fourth-order valence-corrected chi connectivity index (χ4v) is 5.49. The minimum Gasteiger partial charge on any atom is -0.452 e. The molecule has 0 unspecified atom stereocenters. The van der Waals surface area contributed by atoms with Gasteiger partial charge in [-0.25, -0.2) is 13.2 Å². The van der Waals surface area contributed by atoms with E-state index in [1.807, 2.05) is 18.2 Å². The molecule has 2 aromatic rings. The molecule has 2 aromatic carbocycles. The zero-order chi connectivity index (χ0) is 21.1. The first kappa shape index (κ1) is 20.6. The molecule has 0 atom stereocenters. The van der Waals surface area contributed by atoms with E-state index in [1.165, 1.54) is 39.7 Å². The molecule has 1 aliphatic heterocycles. The van der Waals surface area contributed by atoms with Crippen molar-refractivity contribution in [2.75, 3.05) is 25.0 Å². The Morgan fingerprint density at radius 2 is 1.73 bits per heavy atom. The molecule has 0 radical (unpaired) electrons. The molecule has 158 valence electrons. The molecule has 1 amide bonds. The summed E-state index contributed by atoms with van der Waals surface area (Å²) in [4.78, 5) is 24.6. The first-order valence-electron chi connectivity index (χ1n) is 10.1. The van der Waals surface area contributed by atoms with Crippen molar-refractivity contribution in [3.8, 4) is 0 Å². The van der Waals surface area contributed by atoms with E-state index in [2.05, 4.69) is 5.32 Å². The van der Waals surface area contributed by atoms with Crippen LogP contribution in [0.1, 0.15) is 40.7 Å². The first-order valence-corrected chi connectivity index (χ1v) is 11.6. The van der Waals surface area contributed by atoms with Crippen LogP contribution >= 0.6 is 0 Å². The second-order valence-corrected chi connectivity index (χ2v) is 9.54. The standard InChI is InChI=1S/C22H24N2O5S/c25-21(23-19-10-9-16-5-3-6-17(16)13-19)15-29-22(26)18-7-4-8-20(14-18)30(27,28)24-11-1-2-12-24/h4,7-10,13-14H,1-3,5-6,11-12,15H2,(H,23,25). The highest BCUT2D eigenvalue weighted by Gasteiger charge is 2.27. The number of esters is 1. The minimum absolute atomic E-state index is 0.0569. The van der Waals surface area contributed by atoms with Gasteiger partial charge in [-0.1, -0.05) is 12.1 Å². The van der Waals surface area contributed by atoms with Crippen molar-refractivity contribution in [1.29, 1.82) is 0 Å². The van der Waals surface area contributed by atoms with Gasteiger partial charge in [-0.15, -0.1) is 0 Å². The van der Waals surface area contributed by atoms with Crippen LogP contribution in [-0.2, 0) is 32.4 Å². The molecule has 1 saturated heterocycles. The summed E-state index contributed by atoms with van der Waals surface area (Å²) < 4.78 is 31.8. The van der Waals surface area contributed by atoms with Gasteiger partial charge in [0.05, 0.1) is 10.5 Å². The third-order valence-corrected chi connectivity index (χ3v) is 7.38. The Morgan fingerprint density at radius 1 is 0.967 bits per heavy atom. The number of anilines is 1. The van der Waals surface area contributed by atoms with E-state index in [0.29, 0.717) is 18.8 Å². The number of amides is 1. The first-order chi connectivity index (χ1) is 14.4. The van der Waals surface area contributed by atoms with E-state index >= 15 is 0 Å². The van der Waals surface area contributed by atoms with Crippen LogP contribution in [0, 0.1) is 0 Å². The van der Waals surface area contributed by atoms with Gasteiger partial charge in [-0.2, -0.15) is 4.31 Å². The predicted octanol–water partition coefficient (Wildman–Crippen LogP) is 2.76. The van der Waals surface area contributed by atoms with Crippen LogP contribution in [0.5, 0.6) is 0 Å². The number of benzene rings is 2. The van der Waals surface area contributed by atoms with Gasteiger partial charge < -0.3 is 10.1 Å². The minimum atomic E-state index is -3.63. The molecule has 2 aliphatic rings. The third kappa shape index (κ3) is 4.39. The maximum atomic E-state index is 12.7. The normalized spacial score (nSPS) is 16.3. The SMILES string of the molecule is O=C(COC(=O)c1cccc(S(=O)(=O)N2CCCC2)c1)Nc1ccc2c(c1)CCC2. The Morgan fingerprint density at radius 3 is 2.53 bits per heavy atom. The van der Waals surface area contributed by atoms with Crippen molar-refractivity contribution in [2.24, 2.45) is 0 Å². The summed E-state index contributed by atoms with van der Waals surface area (Å²) in [5.41, 5.74) is 3.32. The molecule has 8 heteroatoms. The number of fused-ring (bicyclic) bond motifs is 1. The molecule has 1 fully saturated rings. The number of rotatable bonds is 6. The average molecular weight is 429 g/mol. The summed E-state index contributed by atoms with van der Waals surface area (Å²) in [5, 5.41) is 2.73. The number of hydrogen-bond acceptors (Lipinski definition) is 5. The molecule has 4 rings (SSSR count).